The first-order valence-electron chi connectivity index (χ1n) is 14.2. The summed E-state index contributed by atoms with van der Waals surface area (Å²) in [6, 6.07) is 0. The van der Waals surface area contributed by atoms with Gasteiger partial charge in [-0.3, -0.25) is 14.8 Å². The predicted molar refractivity (Wildman–Crippen MR) is 133 cm³/mol. The standard InChI is InChI=1S/C28H48N2O5/c1-17(6-9-24(33)29-14-4-5-25(34)30-35)20-7-8-21-26-22(11-13-28(20,21)3)27(2)12-10-19(31)15-18(27)16-23(26)32/h17-23,26,31-32,35H,4-16H2,1-3H3,(H,29,33)(H,30,34)/t17-,18+,19-,20?,21+,22+,23+,26+,27+,28-/m1/s1. The van der Waals surface area contributed by atoms with Gasteiger partial charge in [0.1, 0.15) is 0 Å². The summed E-state index contributed by atoms with van der Waals surface area (Å²) in [7, 11) is 0. The number of aliphatic hydroxyl groups is 2. The normalized spacial score (nSPS) is 43.4. The highest BCUT2D eigenvalue weighted by molar-refractivity contribution is 5.76. The Bertz CT molecular complexity index is 776. The maximum Gasteiger partial charge on any atom is 0.243 e. The third-order valence-corrected chi connectivity index (χ3v) is 11.3. The molecule has 0 aromatic heterocycles. The zero-order chi connectivity index (χ0) is 25.4. The Morgan fingerprint density at radius 2 is 1.66 bits per heavy atom. The van der Waals surface area contributed by atoms with Crippen molar-refractivity contribution in [1.29, 1.82) is 0 Å². The van der Waals surface area contributed by atoms with Crippen molar-refractivity contribution < 1.29 is 25.0 Å². The summed E-state index contributed by atoms with van der Waals surface area (Å²) in [4.78, 5) is 23.4. The minimum atomic E-state index is -0.430. The monoisotopic (exact) mass is 492 g/mol. The van der Waals surface area contributed by atoms with Gasteiger partial charge in [-0.25, -0.2) is 5.48 Å². The van der Waals surface area contributed by atoms with Gasteiger partial charge < -0.3 is 15.5 Å². The molecule has 0 aromatic rings. The fourth-order valence-corrected chi connectivity index (χ4v) is 9.36. The number of rotatable bonds is 8. The van der Waals surface area contributed by atoms with E-state index in [9.17, 15) is 19.8 Å². The molecule has 10 atom stereocenters. The second-order valence-electron chi connectivity index (χ2n) is 13.0. The Labute approximate surface area is 210 Å². The number of amides is 2. The van der Waals surface area contributed by atoms with E-state index in [0.717, 1.165) is 32.1 Å². The number of carbonyl (C=O) groups is 2. The van der Waals surface area contributed by atoms with E-state index in [0.29, 0.717) is 54.9 Å². The lowest BCUT2D eigenvalue weighted by Gasteiger charge is -2.62. The first kappa shape index (κ1) is 26.9. The maximum atomic E-state index is 12.4. The Balaban J connectivity index is 1.34. The van der Waals surface area contributed by atoms with Crippen LogP contribution in [0.1, 0.15) is 97.8 Å². The maximum absolute atomic E-state index is 12.4. The van der Waals surface area contributed by atoms with Crippen LogP contribution in [0.2, 0.25) is 0 Å². The van der Waals surface area contributed by atoms with Crippen LogP contribution in [0.3, 0.4) is 0 Å². The van der Waals surface area contributed by atoms with E-state index in [2.05, 4.69) is 26.1 Å². The van der Waals surface area contributed by atoms with Gasteiger partial charge in [0.2, 0.25) is 11.8 Å². The largest absolute Gasteiger partial charge is 0.393 e. The zero-order valence-corrected chi connectivity index (χ0v) is 22.0. The van der Waals surface area contributed by atoms with Crippen LogP contribution >= 0.6 is 0 Å². The fourth-order valence-electron chi connectivity index (χ4n) is 9.36. The molecule has 35 heavy (non-hydrogen) atoms. The van der Waals surface area contributed by atoms with Crippen molar-refractivity contribution >= 4 is 11.8 Å². The Hall–Kier alpha value is -1.18. The predicted octanol–water partition coefficient (Wildman–Crippen LogP) is 3.80. The molecule has 7 heteroatoms. The molecule has 0 radical (unpaired) electrons. The van der Waals surface area contributed by atoms with E-state index in [4.69, 9.17) is 5.21 Å². The summed E-state index contributed by atoms with van der Waals surface area (Å²) >= 11 is 0. The molecule has 4 fully saturated rings. The molecular weight excluding hydrogens is 444 g/mol. The highest BCUT2D eigenvalue weighted by Gasteiger charge is 2.62. The highest BCUT2D eigenvalue weighted by atomic mass is 16.5. The molecular formula is C28H48N2O5. The van der Waals surface area contributed by atoms with Gasteiger partial charge in [0, 0.05) is 19.4 Å². The molecule has 0 heterocycles. The van der Waals surface area contributed by atoms with Gasteiger partial charge in [-0.2, -0.15) is 0 Å². The molecule has 200 valence electrons. The zero-order valence-electron chi connectivity index (χ0n) is 22.0. The minimum absolute atomic E-state index is 0.0332. The van der Waals surface area contributed by atoms with Gasteiger partial charge in [-0.05, 0) is 111 Å². The van der Waals surface area contributed by atoms with Crippen molar-refractivity contribution in [2.24, 2.45) is 46.3 Å². The molecule has 7 nitrogen and oxygen atoms in total. The van der Waals surface area contributed by atoms with Crippen LogP contribution in [-0.2, 0) is 9.59 Å². The van der Waals surface area contributed by atoms with E-state index in [-0.39, 0.29) is 35.4 Å². The fraction of sp³-hybridized carbons (Fsp3) is 0.929. The summed E-state index contributed by atoms with van der Waals surface area (Å²) < 4.78 is 0. The molecule has 0 aliphatic heterocycles. The number of hydrogen-bond donors (Lipinski definition) is 5. The molecule has 4 rings (SSSR count). The Kier molecular flexibility index (Phi) is 8.19. The average molecular weight is 493 g/mol. The van der Waals surface area contributed by atoms with E-state index >= 15 is 0 Å². The lowest BCUT2D eigenvalue weighted by Crippen LogP contribution is -2.58. The van der Waals surface area contributed by atoms with Crippen LogP contribution < -0.4 is 10.8 Å². The second kappa shape index (κ2) is 10.7. The van der Waals surface area contributed by atoms with Crippen molar-refractivity contribution in [2.75, 3.05) is 6.54 Å². The van der Waals surface area contributed by atoms with Crippen LogP contribution in [0.15, 0.2) is 0 Å². The minimum Gasteiger partial charge on any atom is -0.393 e. The highest BCUT2D eigenvalue weighted by Crippen LogP contribution is 2.68. The van der Waals surface area contributed by atoms with Crippen LogP contribution in [0.5, 0.6) is 0 Å². The molecule has 0 bridgehead atoms. The second-order valence-corrected chi connectivity index (χ2v) is 13.0. The molecule has 0 spiro atoms. The summed E-state index contributed by atoms with van der Waals surface area (Å²) in [5, 5.41) is 33.1. The first-order chi connectivity index (χ1) is 16.6. The van der Waals surface area contributed by atoms with Crippen molar-refractivity contribution in [3.05, 3.63) is 0 Å². The number of hydrogen-bond acceptors (Lipinski definition) is 5. The van der Waals surface area contributed by atoms with Crippen LogP contribution in [0.25, 0.3) is 0 Å². The Morgan fingerprint density at radius 3 is 2.40 bits per heavy atom. The number of carbonyl (C=O) groups excluding carboxylic acids is 2. The van der Waals surface area contributed by atoms with Crippen molar-refractivity contribution in [1.82, 2.24) is 10.8 Å². The molecule has 2 amide bonds. The lowest BCUT2D eigenvalue weighted by molar-refractivity contribution is -0.174. The molecule has 1 unspecified atom stereocenters. The van der Waals surface area contributed by atoms with Gasteiger partial charge in [0.05, 0.1) is 12.2 Å². The quantitative estimate of drug-likeness (QED) is 0.201. The number of nitrogens with one attached hydrogen (secondary N) is 2. The molecule has 5 N–H and O–H groups in total. The van der Waals surface area contributed by atoms with Gasteiger partial charge >= 0.3 is 0 Å². The SMILES string of the molecule is C[C@H](CCC(=O)NCCCC(=O)NO)C1CC[C@H]2[C@@H]3[C@@H](O)C[C@@H]4C[C@H](O)CC[C@]4(C)[C@H]3CC[C@]12C. The van der Waals surface area contributed by atoms with Crippen molar-refractivity contribution in [3.63, 3.8) is 0 Å². The molecule has 4 saturated carbocycles. The smallest absolute Gasteiger partial charge is 0.243 e. The van der Waals surface area contributed by atoms with E-state index < -0.39 is 5.91 Å². The summed E-state index contributed by atoms with van der Waals surface area (Å²) in [5.74, 6) is 2.59. The number of fused-ring (bicyclic) bond motifs is 5. The van der Waals surface area contributed by atoms with Gasteiger partial charge in [-0.15, -0.1) is 0 Å². The Morgan fingerprint density at radius 1 is 0.943 bits per heavy atom. The third kappa shape index (κ3) is 5.15. The third-order valence-electron chi connectivity index (χ3n) is 11.3. The summed E-state index contributed by atoms with van der Waals surface area (Å²) in [6.07, 6.45) is 10.1. The van der Waals surface area contributed by atoms with Crippen LogP contribution in [0.4, 0.5) is 0 Å². The van der Waals surface area contributed by atoms with Gasteiger partial charge in [0.15, 0.2) is 0 Å². The van der Waals surface area contributed by atoms with Crippen molar-refractivity contribution in [3.8, 4) is 0 Å². The van der Waals surface area contributed by atoms with Gasteiger partial charge in [-0.1, -0.05) is 20.8 Å². The van der Waals surface area contributed by atoms with Gasteiger partial charge in [0.25, 0.3) is 0 Å². The molecule has 4 aliphatic carbocycles. The number of hydroxylamine groups is 1. The average Bonchev–Trinajstić information content (AvgIpc) is 3.18. The molecule has 4 aliphatic rings. The van der Waals surface area contributed by atoms with E-state index in [1.165, 1.54) is 25.7 Å². The molecule has 0 aromatic carbocycles. The topological polar surface area (TPSA) is 119 Å². The first-order valence-corrected chi connectivity index (χ1v) is 14.2. The summed E-state index contributed by atoms with van der Waals surface area (Å²) in [5.41, 5.74) is 2.09. The van der Waals surface area contributed by atoms with Crippen LogP contribution in [0, 0.1) is 46.3 Å². The lowest BCUT2D eigenvalue weighted by atomic mass is 9.43. The summed E-state index contributed by atoms with van der Waals surface area (Å²) in [6.45, 7) is 7.68. The van der Waals surface area contributed by atoms with E-state index in [1.807, 2.05) is 0 Å². The number of aliphatic hydroxyl groups excluding tert-OH is 2. The van der Waals surface area contributed by atoms with Crippen molar-refractivity contribution in [2.45, 2.75) is 110 Å². The van der Waals surface area contributed by atoms with Crippen LogP contribution in [-0.4, -0.2) is 46.0 Å². The molecule has 0 saturated heterocycles. The van der Waals surface area contributed by atoms with E-state index in [1.54, 1.807) is 5.48 Å².